The molecule has 0 amide bonds. The van der Waals surface area contributed by atoms with E-state index in [0.29, 0.717) is 5.67 Å². The van der Waals surface area contributed by atoms with Crippen molar-refractivity contribution in [2.75, 3.05) is 0 Å². The van der Waals surface area contributed by atoms with Gasteiger partial charge < -0.3 is 0 Å². The summed E-state index contributed by atoms with van der Waals surface area (Å²) in [7, 11) is -1.56. The molecule has 2 saturated carbocycles. The lowest BCUT2D eigenvalue weighted by Gasteiger charge is -2.51. The second kappa shape index (κ2) is 6.03. The number of hydrogen-bond acceptors (Lipinski definition) is 1. The molecule has 0 spiro atoms. The fraction of sp³-hybridized carbons (Fsp3) is 1.00. The number of halogens is 2. The van der Waals surface area contributed by atoms with Crippen molar-refractivity contribution in [2.45, 2.75) is 82.0 Å². The first-order chi connectivity index (χ1) is 8.77. The summed E-state index contributed by atoms with van der Waals surface area (Å²) in [4.78, 5) is 2.84. The zero-order chi connectivity index (χ0) is 12.5. The Bertz CT molecular complexity index is 281. The molecule has 0 bridgehead atoms. The van der Waals surface area contributed by atoms with Crippen LogP contribution < -0.4 is 0 Å². The average molecular weight is 306 g/mol. The lowest BCUT2D eigenvalue weighted by atomic mass is 9.77. The second-order valence-corrected chi connectivity index (χ2v) is 11.4. The zero-order valence-corrected chi connectivity index (χ0v) is 13.8. The highest BCUT2D eigenvalue weighted by molar-refractivity contribution is 7.34. The molecule has 0 radical (unpaired) electrons. The van der Waals surface area contributed by atoms with Gasteiger partial charge in [-0.15, -0.1) is 22.2 Å². The van der Waals surface area contributed by atoms with Crippen LogP contribution in [-0.4, -0.2) is 30.1 Å². The predicted octanol–water partition coefficient (Wildman–Crippen LogP) is 4.19. The van der Waals surface area contributed by atoms with Crippen LogP contribution in [0.5, 0.6) is 0 Å². The highest BCUT2D eigenvalue weighted by Crippen LogP contribution is 2.42. The van der Waals surface area contributed by atoms with Gasteiger partial charge in [0.05, 0.1) is 0 Å². The van der Waals surface area contributed by atoms with E-state index in [9.17, 15) is 0 Å². The van der Waals surface area contributed by atoms with Crippen molar-refractivity contribution >= 4 is 29.6 Å². The van der Waals surface area contributed by atoms with E-state index in [1.54, 1.807) is 0 Å². The largest absolute Gasteiger partial charge is 0.295 e. The Kier molecular flexibility index (Phi) is 4.60. The summed E-state index contributed by atoms with van der Waals surface area (Å²) in [5.74, 6) is 0.955. The normalized spacial score (nSPS) is 39.2. The summed E-state index contributed by atoms with van der Waals surface area (Å²) in [6.07, 6.45) is 14.0. The van der Waals surface area contributed by atoms with Gasteiger partial charge in [0.1, 0.15) is 0 Å². The van der Waals surface area contributed by atoms with Gasteiger partial charge in [0.2, 0.25) is 0 Å². The molecule has 0 N–H and O–H groups in total. The molecule has 4 heteroatoms. The Morgan fingerprint density at radius 1 is 0.778 bits per heavy atom. The second-order valence-electron chi connectivity index (χ2n) is 6.48. The number of nitrogens with zero attached hydrogens (tertiary/aromatic N) is 1. The van der Waals surface area contributed by atoms with E-state index in [0.717, 1.165) is 18.0 Å². The molecule has 3 atom stereocenters. The Morgan fingerprint density at radius 3 is 2.17 bits per heavy atom. The molecule has 0 aromatic rings. The first kappa shape index (κ1) is 13.7. The van der Waals surface area contributed by atoms with Crippen LogP contribution in [0.4, 0.5) is 0 Å². The third-order valence-electron chi connectivity index (χ3n) is 5.51. The van der Waals surface area contributed by atoms with Gasteiger partial charge in [0, 0.05) is 17.7 Å². The van der Waals surface area contributed by atoms with Crippen LogP contribution in [0.3, 0.4) is 0 Å². The van der Waals surface area contributed by atoms with Gasteiger partial charge in [0.25, 0.3) is 7.42 Å². The molecule has 1 heterocycles. The van der Waals surface area contributed by atoms with E-state index < -0.39 is 7.42 Å². The number of rotatable bonds is 2. The quantitative estimate of drug-likeness (QED) is 0.546. The van der Waals surface area contributed by atoms with Crippen molar-refractivity contribution < 1.29 is 0 Å². The molecule has 2 aliphatic carbocycles. The Morgan fingerprint density at radius 2 is 1.44 bits per heavy atom. The highest BCUT2D eigenvalue weighted by Gasteiger charge is 2.44. The van der Waals surface area contributed by atoms with Crippen molar-refractivity contribution in [1.82, 2.24) is 4.90 Å². The maximum absolute atomic E-state index is 6.42. The standard InChI is InChI=1S/C14H25Cl2NSi/c15-18(16)14-10-9-11-5-1-4-8-13(11)17(14)12-6-2-3-7-12/h11-14,18H,1-10H2. The fourth-order valence-corrected chi connectivity index (χ4v) is 7.40. The Balaban J connectivity index is 1.80. The Hall–Kier alpha value is 0.757. The molecule has 18 heavy (non-hydrogen) atoms. The summed E-state index contributed by atoms with van der Waals surface area (Å²) in [6, 6.07) is 1.64. The minimum atomic E-state index is -1.56. The monoisotopic (exact) mass is 305 g/mol. The molecule has 3 fully saturated rings. The van der Waals surface area contributed by atoms with Crippen LogP contribution >= 0.6 is 22.2 Å². The maximum Gasteiger partial charge on any atom is 0.253 e. The third-order valence-corrected chi connectivity index (χ3v) is 8.51. The van der Waals surface area contributed by atoms with Crippen molar-refractivity contribution in [3.05, 3.63) is 0 Å². The van der Waals surface area contributed by atoms with E-state index >= 15 is 0 Å². The molecule has 0 aromatic heterocycles. The maximum atomic E-state index is 6.42. The summed E-state index contributed by atoms with van der Waals surface area (Å²) in [6.45, 7) is 0. The molecular formula is C14H25Cl2NSi. The minimum Gasteiger partial charge on any atom is -0.295 e. The van der Waals surface area contributed by atoms with Crippen molar-refractivity contribution in [2.24, 2.45) is 5.92 Å². The molecule has 3 rings (SSSR count). The lowest BCUT2D eigenvalue weighted by Crippen LogP contribution is -2.58. The van der Waals surface area contributed by atoms with Crippen LogP contribution in [0.25, 0.3) is 0 Å². The molecule has 1 saturated heterocycles. The van der Waals surface area contributed by atoms with Gasteiger partial charge in [-0.25, -0.2) is 0 Å². The third kappa shape index (κ3) is 2.63. The molecule has 3 unspecified atom stereocenters. The highest BCUT2D eigenvalue weighted by atomic mass is 35.7. The molecule has 1 nitrogen and oxygen atoms in total. The average Bonchev–Trinajstić information content (AvgIpc) is 2.90. The smallest absolute Gasteiger partial charge is 0.253 e. The van der Waals surface area contributed by atoms with E-state index in [1.807, 2.05) is 0 Å². The van der Waals surface area contributed by atoms with Crippen molar-refractivity contribution in [1.29, 1.82) is 0 Å². The SMILES string of the molecule is Cl[SiH](Cl)C1CCC2CCCCC2N1C1CCCC1. The van der Waals surface area contributed by atoms with Gasteiger partial charge in [-0.2, -0.15) is 0 Å². The molecular weight excluding hydrogens is 281 g/mol. The molecule has 104 valence electrons. The summed E-state index contributed by atoms with van der Waals surface area (Å²) < 4.78 is 0. The minimum absolute atomic E-state index is 0.566. The van der Waals surface area contributed by atoms with E-state index in [-0.39, 0.29) is 0 Å². The first-order valence-electron chi connectivity index (χ1n) is 7.83. The number of hydrogen-bond donors (Lipinski definition) is 0. The van der Waals surface area contributed by atoms with Gasteiger partial charge in [-0.05, 0) is 44.4 Å². The van der Waals surface area contributed by atoms with Gasteiger partial charge >= 0.3 is 0 Å². The van der Waals surface area contributed by atoms with Crippen LogP contribution in [0.2, 0.25) is 0 Å². The molecule has 1 aliphatic heterocycles. The van der Waals surface area contributed by atoms with E-state index in [2.05, 4.69) is 4.90 Å². The van der Waals surface area contributed by atoms with Crippen LogP contribution in [0.1, 0.15) is 64.2 Å². The molecule has 0 aromatic carbocycles. The van der Waals surface area contributed by atoms with Crippen LogP contribution in [0.15, 0.2) is 0 Å². The topological polar surface area (TPSA) is 3.24 Å². The fourth-order valence-electron chi connectivity index (χ4n) is 4.70. The van der Waals surface area contributed by atoms with Crippen LogP contribution in [0, 0.1) is 5.92 Å². The number of piperidine rings is 1. The number of fused-ring (bicyclic) bond motifs is 1. The van der Waals surface area contributed by atoms with Gasteiger partial charge in [-0.1, -0.05) is 25.7 Å². The summed E-state index contributed by atoms with van der Waals surface area (Å²) >= 11 is 12.8. The van der Waals surface area contributed by atoms with E-state index in [1.165, 1.54) is 64.2 Å². The first-order valence-corrected chi connectivity index (χ1v) is 12.0. The zero-order valence-electron chi connectivity index (χ0n) is 11.2. The van der Waals surface area contributed by atoms with Crippen molar-refractivity contribution in [3.8, 4) is 0 Å². The number of likely N-dealkylation sites (tertiary alicyclic amines) is 1. The Labute approximate surface area is 122 Å². The van der Waals surface area contributed by atoms with Gasteiger partial charge in [-0.3, -0.25) is 4.90 Å². The van der Waals surface area contributed by atoms with E-state index in [4.69, 9.17) is 22.2 Å². The lowest BCUT2D eigenvalue weighted by molar-refractivity contribution is 0.0111. The summed E-state index contributed by atoms with van der Waals surface area (Å²) in [5, 5.41) is 0. The molecule has 3 aliphatic rings. The van der Waals surface area contributed by atoms with Gasteiger partial charge in [0.15, 0.2) is 0 Å². The predicted molar refractivity (Wildman–Crippen MR) is 81.7 cm³/mol. The summed E-state index contributed by atoms with van der Waals surface area (Å²) in [5.41, 5.74) is 0.566. The van der Waals surface area contributed by atoms with Crippen molar-refractivity contribution in [3.63, 3.8) is 0 Å². The van der Waals surface area contributed by atoms with Crippen LogP contribution in [-0.2, 0) is 0 Å².